The third-order valence-corrected chi connectivity index (χ3v) is 27.4. The van der Waals surface area contributed by atoms with Gasteiger partial charge in [-0.1, -0.05) is 18.2 Å². The molecule has 0 saturated carbocycles. The lowest BCUT2D eigenvalue weighted by atomic mass is 9.77. The molecule has 26 nitrogen and oxygen atoms in total. The molecule has 0 spiro atoms. The van der Waals surface area contributed by atoms with Crippen LogP contribution in [0, 0.1) is 47.2 Å². The van der Waals surface area contributed by atoms with E-state index >= 15 is 0 Å². The number of amides is 3. The normalized spacial score (nSPS) is 42.0. The lowest BCUT2D eigenvalue weighted by molar-refractivity contribution is -0.205. The summed E-state index contributed by atoms with van der Waals surface area (Å²) in [7, 11) is 2.18. The largest absolute Gasteiger partial charge is 0.388 e. The Morgan fingerprint density at radius 3 is 1.18 bits per heavy atom. The fourth-order valence-corrected chi connectivity index (χ4v) is 20.6. The predicted octanol–water partition coefficient (Wildman–Crippen LogP) is 0.605. The number of carbonyl (C=O) groups excluding carboxylic acids is 3. The van der Waals surface area contributed by atoms with E-state index in [1.54, 1.807) is 45.6 Å². The van der Waals surface area contributed by atoms with Crippen LogP contribution in [0.25, 0.3) is 0 Å². The van der Waals surface area contributed by atoms with Crippen molar-refractivity contribution in [2.75, 3.05) is 91.4 Å². The average molecular weight is 1590 g/mol. The summed E-state index contributed by atoms with van der Waals surface area (Å²) in [5.41, 5.74) is -1.57. The van der Waals surface area contributed by atoms with Gasteiger partial charge in [0.25, 0.3) is 0 Å². The fourth-order valence-electron chi connectivity index (χ4n) is 18.0. The predicted molar refractivity (Wildman–Crippen MR) is 397 cm³/mol. The van der Waals surface area contributed by atoms with Gasteiger partial charge in [-0.2, -0.15) is 0 Å². The van der Waals surface area contributed by atoms with Gasteiger partial charge in [0.2, 0.25) is 17.7 Å². The van der Waals surface area contributed by atoms with Gasteiger partial charge < -0.3 is 116 Å². The molecule has 11 fully saturated rings. The molecule has 16 N–H and O–H groups in total. The van der Waals surface area contributed by atoms with Crippen LogP contribution in [0.4, 0.5) is 4.39 Å². The van der Waals surface area contributed by atoms with Crippen LogP contribution < -0.4 is 37.2 Å². The van der Waals surface area contributed by atoms with E-state index in [0.29, 0.717) is 62.5 Å². The first-order valence-corrected chi connectivity index (χ1v) is 42.6. The highest BCUT2D eigenvalue weighted by atomic mass is 35.5. The topological polar surface area (TPSA) is 376 Å². The number of halogens is 4. The summed E-state index contributed by atoms with van der Waals surface area (Å²) in [6.07, 6.45) is -0.224. The number of alkyl halides is 3. The summed E-state index contributed by atoms with van der Waals surface area (Å²) in [6, 6.07) is 2.77. The summed E-state index contributed by atoms with van der Waals surface area (Å²) in [5, 5.41) is 114. The number of carbonyl (C=O) groups is 3. The number of aliphatic hydroxyl groups excluding tert-OH is 9. The molecule has 1 aromatic rings. The SMILES string of the molecule is CSC1O[C@H]([C@H](NC(=O)[C@H]2NC[C@@H]3C[C@@H](C4CCN(C)CC4)CCO[C@H]32)[C@H](C)Cl)C(O)[C@@H](O)[C@H]1O.CSC1O[C@H]([C@H](NC(=O)[C@H]2NC[C@@H]3C[C@@H](C4CCNCC4)CCO[C@H]32)[C@H](C)Cl)C(O)[C@@H](O)[C@H]1O.CSC1O[C@H]([C@H](NC(=O)[C@H]2NC[C@@H]3C[C@@H](c4ccccc4F)CCO[C@H]32)[C@H](C)Cl)C(O)[C@@H](O)[C@H]1O. The number of nitrogens with zero attached hydrogens (tertiary/aromatic N) is 1. The van der Waals surface area contributed by atoms with Crippen molar-refractivity contribution in [1.82, 2.24) is 42.1 Å². The molecular formula is C71H116Cl3FN8O18S3. The molecule has 0 aromatic heterocycles. The van der Waals surface area contributed by atoms with Crippen molar-refractivity contribution >= 4 is 87.8 Å². The van der Waals surface area contributed by atoms with E-state index in [9.17, 15) is 64.7 Å². The van der Waals surface area contributed by atoms with Gasteiger partial charge >= 0.3 is 0 Å². The second-order valence-electron chi connectivity index (χ2n) is 30.6. The minimum Gasteiger partial charge on any atom is -0.388 e. The standard InChI is InChI=1S/C24H34ClFN2O6S.C24H42ClN3O6S.C23H40ClN3O6S/c1-11(25)16(22-19(30)18(29)20(31)24(34-22)35-2)28-23(32)17-21-13(10-27-17)9-12(7-8-33-21)14-5-3-4-6-15(14)26;1-12(25)16(22-19(30)18(29)20(31)24(34-22)35-3)27-23(32)17-21-15(11-26-17)10-14(6-9-33-21)13-4-7-28(2)8-5-13;1-11(24)15(21-18(29)17(28)19(30)23(33-21)34-2)27-22(31)16-20-14(10-26-16)9-13(5-8-32-20)12-3-6-25-7-4-12/h3-6,11-13,16-22,24,27,29-31H,7-10H2,1-2H3,(H,28,32);12-22,24,26,29-31H,4-11H2,1-3H3,(H,27,32);11-21,23,25-26,28-30H,3-10H2,1-2H3,(H,27,31)/t11-,12-,13-,16+,17-,18+,19?,20+,21+,22+,24?;12-,14-,15-,16+,17-,18+,19?,20+,21+,22+,24?;11-,13-,14-,15+,16-,17+,18?,19+,20+,21+,23?/m000/s1. The van der Waals surface area contributed by atoms with Crippen LogP contribution in [0.5, 0.6) is 0 Å². The summed E-state index contributed by atoms with van der Waals surface area (Å²) < 4.78 is 50.5. The molecule has 33 atom stereocenters. The Labute approximate surface area is 638 Å². The van der Waals surface area contributed by atoms with Crippen molar-refractivity contribution in [3.63, 3.8) is 0 Å². The summed E-state index contributed by atoms with van der Waals surface area (Å²) in [4.78, 5) is 42.6. The number of nitrogens with one attached hydrogen (secondary N) is 7. The Hall–Kier alpha value is -1.32. The molecule has 33 heteroatoms. The highest BCUT2D eigenvalue weighted by Gasteiger charge is 2.55. The molecule has 0 bridgehead atoms. The van der Waals surface area contributed by atoms with Gasteiger partial charge in [0, 0.05) is 45.4 Å². The van der Waals surface area contributed by atoms with Gasteiger partial charge in [-0.15, -0.1) is 70.1 Å². The highest BCUT2D eigenvalue weighted by molar-refractivity contribution is 7.99. The van der Waals surface area contributed by atoms with Crippen LogP contribution in [0.1, 0.15) is 96.5 Å². The number of aliphatic hydroxyl groups is 9. The number of likely N-dealkylation sites (tertiary alicyclic amines) is 1. The van der Waals surface area contributed by atoms with Gasteiger partial charge in [0.05, 0.1) is 52.6 Å². The number of hydrogen-bond acceptors (Lipinski definition) is 26. The number of hydrogen-bond donors (Lipinski definition) is 16. The van der Waals surface area contributed by atoms with Crippen molar-refractivity contribution in [2.45, 2.75) is 251 Å². The van der Waals surface area contributed by atoms with Crippen LogP contribution in [0.3, 0.4) is 0 Å². The van der Waals surface area contributed by atoms with Gasteiger partial charge in [0.1, 0.15) is 113 Å². The van der Waals surface area contributed by atoms with E-state index in [2.05, 4.69) is 49.2 Å². The van der Waals surface area contributed by atoms with Crippen LogP contribution in [0.15, 0.2) is 24.3 Å². The Morgan fingerprint density at radius 2 is 0.827 bits per heavy atom. The van der Waals surface area contributed by atoms with Crippen LogP contribution in [0.2, 0.25) is 0 Å². The zero-order valence-corrected chi connectivity index (χ0v) is 65.3. The number of thioether (sulfide) groups is 3. The van der Waals surface area contributed by atoms with Crippen molar-refractivity contribution in [3.05, 3.63) is 35.6 Å². The summed E-state index contributed by atoms with van der Waals surface area (Å²) in [6.45, 7) is 13.3. The third kappa shape index (κ3) is 20.2. The molecular weight excluding hydrogens is 1470 g/mol. The Balaban J connectivity index is 0.000000167. The Kier molecular flexibility index (Phi) is 32.3. The molecule has 11 saturated heterocycles. The zero-order chi connectivity index (χ0) is 75.0. The van der Waals surface area contributed by atoms with Gasteiger partial charge in [-0.25, -0.2) is 4.39 Å². The van der Waals surface area contributed by atoms with E-state index in [1.165, 1.54) is 67.0 Å². The molecule has 1 aromatic carbocycles. The molecule has 3 amide bonds. The first kappa shape index (κ1) is 85.1. The van der Waals surface area contributed by atoms with Crippen molar-refractivity contribution in [1.29, 1.82) is 0 Å². The fraction of sp³-hybridized carbons (Fsp3) is 0.873. The van der Waals surface area contributed by atoms with Gasteiger partial charge in [0.15, 0.2) is 0 Å². The van der Waals surface area contributed by atoms with Crippen molar-refractivity contribution in [3.8, 4) is 0 Å². The monoisotopic (exact) mass is 1590 g/mol. The van der Waals surface area contributed by atoms with Crippen molar-refractivity contribution < 1.29 is 93.2 Å². The lowest BCUT2D eigenvalue weighted by Gasteiger charge is -2.44. The quantitative estimate of drug-likeness (QED) is 0.0895. The smallest absolute Gasteiger partial charge is 0.240 e. The zero-order valence-electron chi connectivity index (χ0n) is 60.5. The first-order chi connectivity index (χ1) is 49.7. The van der Waals surface area contributed by atoms with Crippen LogP contribution >= 0.6 is 70.1 Å². The second kappa shape index (κ2) is 39.4. The number of benzene rings is 1. The molecule has 0 radical (unpaired) electrons. The molecule has 12 rings (SSSR count). The molecule has 594 valence electrons. The Morgan fingerprint density at radius 1 is 0.481 bits per heavy atom. The van der Waals surface area contributed by atoms with Crippen molar-refractivity contribution in [2.24, 2.45) is 41.4 Å². The lowest BCUT2D eigenvalue weighted by Crippen LogP contribution is -2.65. The summed E-state index contributed by atoms with van der Waals surface area (Å²) in [5.74, 6) is 2.21. The van der Waals surface area contributed by atoms with Gasteiger partial charge in [-0.3, -0.25) is 14.4 Å². The number of ether oxygens (including phenoxy) is 6. The first-order valence-electron chi connectivity index (χ1n) is 37.4. The van der Waals surface area contributed by atoms with E-state index in [1.807, 2.05) is 12.1 Å². The third-order valence-electron chi connectivity index (χ3n) is 24.0. The molecule has 11 heterocycles. The van der Waals surface area contributed by atoms with Crippen LogP contribution in [-0.2, 0) is 42.8 Å². The maximum absolute atomic E-state index is 14.4. The highest BCUT2D eigenvalue weighted by Crippen LogP contribution is 2.42. The number of rotatable bonds is 18. The molecule has 0 aliphatic carbocycles. The molecule has 11 aliphatic rings. The summed E-state index contributed by atoms with van der Waals surface area (Å²) >= 11 is 22.9. The number of fused-ring (bicyclic) bond motifs is 3. The average Bonchev–Trinajstić information content (AvgIpc) is 1.33. The maximum atomic E-state index is 14.4. The maximum Gasteiger partial charge on any atom is 0.240 e. The second-order valence-corrected chi connectivity index (χ2v) is 35.5. The minimum atomic E-state index is -1.43. The molecule has 104 heavy (non-hydrogen) atoms. The number of piperidine rings is 2. The minimum absolute atomic E-state index is 0.00704. The van der Waals surface area contributed by atoms with E-state index in [0.717, 1.165) is 70.9 Å². The van der Waals surface area contributed by atoms with Crippen LogP contribution in [-0.4, -0.2) is 320 Å². The molecule has 6 unspecified atom stereocenters. The van der Waals surface area contributed by atoms with Gasteiger partial charge in [-0.05, 0) is 190 Å². The van der Waals surface area contributed by atoms with E-state index < -0.39 is 142 Å². The van der Waals surface area contributed by atoms with E-state index in [-0.39, 0.29) is 65.5 Å². The Bertz CT molecular complexity index is 2860. The molecule has 11 aliphatic heterocycles. The van der Waals surface area contributed by atoms with E-state index in [4.69, 9.17) is 63.2 Å².